The SMILES string of the molecule is CC(O)(CNC(=O)NCCC1CCC1)c1ccc(F)cc1F. The number of nitrogens with one attached hydrogen (secondary N) is 2. The Bertz CT molecular complexity index is 531. The van der Waals surface area contributed by atoms with E-state index in [9.17, 15) is 18.7 Å². The van der Waals surface area contributed by atoms with Crippen molar-refractivity contribution in [3.63, 3.8) is 0 Å². The maximum Gasteiger partial charge on any atom is 0.314 e. The van der Waals surface area contributed by atoms with Gasteiger partial charge in [-0.2, -0.15) is 0 Å². The Kier molecular flexibility index (Phi) is 5.34. The minimum absolute atomic E-state index is 0.0522. The summed E-state index contributed by atoms with van der Waals surface area (Å²) < 4.78 is 26.6. The summed E-state index contributed by atoms with van der Waals surface area (Å²) in [6.07, 6.45) is 4.67. The Morgan fingerprint density at radius 1 is 1.36 bits per heavy atom. The van der Waals surface area contributed by atoms with Gasteiger partial charge in [0.2, 0.25) is 0 Å². The average molecular weight is 312 g/mol. The van der Waals surface area contributed by atoms with Crippen LogP contribution in [0.4, 0.5) is 13.6 Å². The molecule has 122 valence electrons. The van der Waals surface area contributed by atoms with E-state index in [0.29, 0.717) is 18.5 Å². The van der Waals surface area contributed by atoms with E-state index in [1.807, 2.05) is 0 Å². The lowest BCUT2D eigenvalue weighted by atomic mass is 9.83. The predicted octanol–water partition coefficient (Wildman–Crippen LogP) is 2.66. The Balaban J connectivity index is 1.79. The van der Waals surface area contributed by atoms with Crippen LogP contribution in [0.15, 0.2) is 18.2 Å². The van der Waals surface area contributed by atoms with Gasteiger partial charge in [-0.05, 0) is 25.3 Å². The molecule has 1 aliphatic rings. The van der Waals surface area contributed by atoms with Gasteiger partial charge in [-0.15, -0.1) is 0 Å². The maximum atomic E-state index is 13.7. The molecular weight excluding hydrogens is 290 g/mol. The minimum atomic E-state index is -1.61. The van der Waals surface area contributed by atoms with E-state index in [1.54, 1.807) is 0 Å². The summed E-state index contributed by atoms with van der Waals surface area (Å²) in [5, 5.41) is 15.5. The number of carbonyl (C=O) groups excluding carboxylic acids is 1. The van der Waals surface area contributed by atoms with Gasteiger partial charge in [0, 0.05) is 18.2 Å². The van der Waals surface area contributed by atoms with Crippen molar-refractivity contribution >= 4 is 6.03 Å². The largest absolute Gasteiger partial charge is 0.383 e. The van der Waals surface area contributed by atoms with Gasteiger partial charge in [0.1, 0.15) is 17.2 Å². The smallest absolute Gasteiger partial charge is 0.314 e. The second-order valence-electron chi connectivity index (χ2n) is 6.09. The quantitative estimate of drug-likeness (QED) is 0.756. The van der Waals surface area contributed by atoms with Crippen LogP contribution in [-0.4, -0.2) is 24.2 Å². The lowest BCUT2D eigenvalue weighted by Gasteiger charge is -2.26. The normalized spacial score (nSPS) is 17.5. The van der Waals surface area contributed by atoms with E-state index < -0.39 is 23.3 Å². The summed E-state index contributed by atoms with van der Waals surface area (Å²) in [5.74, 6) is -0.840. The van der Waals surface area contributed by atoms with Gasteiger partial charge in [0.05, 0.1) is 6.54 Å². The van der Waals surface area contributed by atoms with Crippen LogP contribution in [0.3, 0.4) is 0 Å². The van der Waals surface area contributed by atoms with E-state index in [-0.39, 0.29) is 12.1 Å². The second kappa shape index (κ2) is 7.05. The third-order valence-electron chi connectivity index (χ3n) is 4.17. The van der Waals surface area contributed by atoms with Crippen molar-refractivity contribution in [3.8, 4) is 0 Å². The molecule has 0 spiro atoms. The monoisotopic (exact) mass is 312 g/mol. The second-order valence-corrected chi connectivity index (χ2v) is 6.09. The highest BCUT2D eigenvalue weighted by Gasteiger charge is 2.27. The van der Waals surface area contributed by atoms with E-state index >= 15 is 0 Å². The number of benzene rings is 1. The molecule has 1 atom stereocenters. The van der Waals surface area contributed by atoms with E-state index in [4.69, 9.17) is 0 Å². The number of aliphatic hydroxyl groups is 1. The lowest BCUT2D eigenvalue weighted by Crippen LogP contribution is -2.44. The fourth-order valence-corrected chi connectivity index (χ4v) is 2.51. The van der Waals surface area contributed by atoms with Crippen LogP contribution in [0.25, 0.3) is 0 Å². The standard InChI is InChI=1S/C16H22F2N2O2/c1-16(22,13-6-5-12(17)9-14(13)18)10-20-15(21)19-8-7-11-3-2-4-11/h5-6,9,11,22H,2-4,7-8,10H2,1H3,(H2,19,20,21). The van der Waals surface area contributed by atoms with Crippen LogP contribution < -0.4 is 10.6 Å². The molecule has 0 radical (unpaired) electrons. The molecule has 1 aliphatic carbocycles. The van der Waals surface area contributed by atoms with Crippen molar-refractivity contribution in [2.45, 2.75) is 38.2 Å². The third-order valence-corrected chi connectivity index (χ3v) is 4.17. The highest BCUT2D eigenvalue weighted by molar-refractivity contribution is 5.73. The van der Waals surface area contributed by atoms with Crippen LogP contribution in [0.2, 0.25) is 0 Å². The van der Waals surface area contributed by atoms with Gasteiger partial charge in [0.15, 0.2) is 0 Å². The fourth-order valence-electron chi connectivity index (χ4n) is 2.51. The summed E-state index contributed by atoms with van der Waals surface area (Å²) >= 11 is 0. The first-order valence-electron chi connectivity index (χ1n) is 7.58. The number of urea groups is 1. The third kappa shape index (κ3) is 4.40. The summed E-state index contributed by atoms with van der Waals surface area (Å²) in [5.41, 5.74) is -1.66. The molecule has 4 nitrogen and oxygen atoms in total. The van der Waals surface area contributed by atoms with Gasteiger partial charge in [-0.25, -0.2) is 13.6 Å². The Morgan fingerprint density at radius 3 is 2.68 bits per heavy atom. The molecule has 0 heterocycles. The van der Waals surface area contributed by atoms with Crippen LogP contribution >= 0.6 is 0 Å². The Labute approximate surface area is 128 Å². The van der Waals surface area contributed by atoms with Gasteiger partial charge >= 0.3 is 6.03 Å². The molecule has 1 aromatic carbocycles. The van der Waals surface area contributed by atoms with Crippen molar-refractivity contribution in [2.75, 3.05) is 13.1 Å². The number of halogens is 2. The topological polar surface area (TPSA) is 61.4 Å². The molecule has 1 aromatic rings. The first-order chi connectivity index (χ1) is 10.4. The molecule has 22 heavy (non-hydrogen) atoms. The molecular formula is C16H22F2N2O2. The fraction of sp³-hybridized carbons (Fsp3) is 0.562. The summed E-state index contributed by atoms with van der Waals surface area (Å²) in [4.78, 5) is 11.7. The first kappa shape index (κ1) is 16.7. The van der Waals surface area contributed by atoms with Crippen molar-refractivity contribution in [2.24, 2.45) is 5.92 Å². The molecule has 1 saturated carbocycles. The zero-order chi connectivity index (χ0) is 16.2. The number of rotatable bonds is 6. The van der Waals surface area contributed by atoms with Crippen molar-refractivity contribution in [1.82, 2.24) is 10.6 Å². The number of hydrogen-bond acceptors (Lipinski definition) is 2. The summed E-state index contributed by atoms with van der Waals surface area (Å²) in [7, 11) is 0. The molecule has 6 heteroatoms. The van der Waals surface area contributed by atoms with E-state index in [2.05, 4.69) is 10.6 Å². The lowest BCUT2D eigenvalue weighted by molar-refractivity contribution is 0.0555. The molecule has 1 fully saturated rings. The van der Waals surface area contributed by atoms with Gasteiger partial charge < -0.3 is 15.7 Å². The molecule has 2 rings (SSSR count). The van der Waals surface area contributed by atoms with Crippen LogP contribution in [0, 0.1) is 17.6 Å². The molecule has 0 saturated heterocycles. The Hall–Kier alpha value is -1.69. The molecule has 2 amide bonds. The summed E-state index contributed by atoms with van der Waals surface area (Å²) in [6.45, 7) is 1.80. The zero-order valence-electron chi connectivity index (χ0n) is 12.7. The van der Waals surface area contributed by atoms with Crippen LogP contribution in [0.1, 0.15) is 38.2 Å². The summed E-state index contributed by atoms with van der Waals surface area (Å²) in [6, 6.07) is 2.57. The first-order valence-corrected chi connectivity index (χ1v) is 7.58. The average Bonchev–Trinajstić information content (AvgIpc) is 2.39. The molecule has 0 aromatic heterocycles. The van der Waals surface area contributed by atoms with E-state index in [0.717, 1.165) is 12.5 Å². The van der Waals surface area contributed by atoms with Gasteiger partial charge in [-0.3, -0.25) is 0 Å². The highest BCUT2D eigenvalue weighted by Crippen LogP contribution is 2.28. The van der Waals surface area contributed by atoms with Gasteiger partial charge in [-0.1, -0.05) is 25.3 Å². The molecule has 0 bridgehead atoms. The maximum absolute atomic E-state index is 13.7. The van der Waals surface area contributed by atoms with Crippen molar-refractivity contribution in [3.05, 3.63) is 35.4 Å². The van der Waals surface area contributed by atoms with Crippen molar-refractivity contribution in [1.29, 1.82) is 0 Å². The van der Waals surface area contributed by atoms with Crippen molar-refractivity contribution < 1.29 is 18.7 Å². The van der Waals surface area contributed by atoms with E-state index in [1.165, 1.54) is 32.3 Å². The van der Waals surface area contributed by atoms with Crippen LogP contribution in [0.5, 0.6) is 0 Å². The number of amides is 2. The zero-order valence-corrected chi connectivity index (χ0v) is 12.7. The molecule has 1 unspecified atom stereocenters. The minimum Gasteiger partial charge on any atom is -0.383 e. The Morgan fingerprint density at radius 2 is 2.09 bits per heavy atom. The van der Waals surface area contributed by atoms with Gasteiger partial charge in [0.25, 0.3) is 0 Å². The number of hydrogen-bond donors (Lipinski definition) is 3. The molecule has 3 N–H and O–H groups in total. The number of carbonyl (C=O) groups is 1. The highest BCUT2D eigenvalue weighted by atomic mass is 19.1. The predicted molar refractivity (Wildman–Crippen MR) is 79.3 cm³/mol. The molecule has 0 aliphatic heterocycles. The van der Waals surface area contributed by atoms with Crippen LogP contribution in [-0.2, 0) is 5.60 Å².